The van der Waals surface area contributed by atoms with E-state index < -0.39 is 5.97 Å². The Kier molecular flexibility index (Phi) is 24.7. The molecule has 0 aromatic heterocycles. The summed E-state index contributed by atoms with van der Waals surface area (Å²) in [5, 5.41) is 0. The number of esters is 1. The third kappa shape index (κ3) is 27.0. The van der Waals surface area contributed by atoms with Crippen molar-refractivity contribution in [2.45, 2.75) is 26.9 Å². The predicted molar refractivity (Wildman–Crippen MR) is 123 cm³/mol. The van der Waals surface area contributed by atoms with Crippen LogP contribution in [0.25, 0.3) is 0 Å². The van der Waals surface area contributed by atoms with E-state index in [4.69, 9.17) is 42.6 Å². The average Bonchev–Trinajstić information content (AvgIpc) is 2.78. The molecule has 10 heteroatoms. The Hall–Kier alpha value is -1.11. The van der Waals surface area contributed by atoms with Gasteiger partial charge in [0.05, 0.1) is 105 Å². The van der Waals surface area contributed by atoms with E-state index in [1.807, 2.05) is 13.8 Å². The van der Waals surface area contributed by atoms with Crippen LogP contribution in [0.3, 0.4) is 0 Å². The third-order valence-electron chi connectivity index (χ3n) is 3.72. The van der Waals surface area contributed by atoms with E-state index in [1.165, 1.54) is 0 Å². The standard InChI is InChI=1S/C23H44O10/c1-21(2)23(24)33-20-18-31-16-14-29-12-10-27-8-6-25-5-7-26-9-11-28-13-15-30-17-19-32-22(3)4/h22H,1,5-20H2,2-4H3. The summed E-state index contributed by atoms with van der Waals surface area (Å²) < 4.78 is 48.0. The summed E-state index contributed by atoms with van der Waals surface area (Å²) in [6, 6.07) is 0. The Morgan fingerprint density at radius 1 is 0.545 bits per heavy atom. The highest BCUT2D eigenvalue weighted by Crippen LogP contribution is 1.92. The maximum Gasteiger partial charge on any atom is 0.333 e. The Labute approximate surface area is 198 Å². The van der Waals surface area contributed by atoms with E-state index >= 15 is 0 Å². The zero-order chi connectivity index (χ0) is 24.4. The summed E-state index contributed by atoms with van der Waals surface area (Å²) in [6.45, 7) is 16.9. The molecule has 196 valence electrons. The molecule has 0 aliphatic heterocycles. The van der Waals surface area contributed by atoms with Gasteiger partial charge >= 0.3 is 5.97 Å². The molecular weight excluding hydrogens is 436 g/mol. The van der Waals surface area contributed by atoms with Crippen molar-refractivity contribution < 1.29 is 47.4 Å². The van der Waals surface area contributed by atoms with Crippen molar-refractivity contribution in [2.75, 3.05) is 106 Å². The quantitative estimate of drug-likeness (QED) is 0.103. The Morgan fingerprint density at radius 2 is 0.818 bits per heavy atom. The number of carbonyl (C=O) groups excluding carboxylic acids is 1. The highest BCUT2D eigenvalue weighted by atomic mass is 16.6. The van der Waals surface area contributed by atoms with Crippen molar-refractivity contribution >= 4 is 5.97 Å². The SMILES string of the molecule is C=C(C)C(=O)OCCOCCOCCOCCOCCOCCOCCOCCOC(C)C. The van der Waals surface area contributed by atoms with Gasteiger partial charge in [-0.25, -0.2) is 4.79 Å². The zero-order valence-electron chi connectivity index (χ0n) is 20.7. The molecule has 33 heavy (non-hydrogen) atoms. The lowest BCUT2D eigenvalue weighted by molar-refractivity contribution is -0.140. The molecule has 0 aromatic rings. The minimum absolute atomic E-state index is 0.207. The molecule has 10 nitrogen and oxygen atoms in total. The molecule has 0 saturated heterocycles. The first-order valence-corrected chi connectivity index (χ1v) is 11.5. The van der Waals surface area contributed by atoms with E-state index in [-0.39, 0.29) is 12.7 Å². The molecule has 0 unspecified atom stereocenters. The van der Waals surface area contributed by atoms with Gasteiger partial charge in [0.2, 0.25) is 0 Å². The van der Waals surface area contributed by atoms with E-state index in [0.717, 1.165) is 0 Å². The molecule has 0 aromatic carbocycles. The lowest BCUT2D eigenvalue weighted by Crippen LogP contribution is -2.15. The van der Waals surface area contributed by atoms with Crippen LogP contribution in [0.2, 0.25) is 0 Å². The maximum atomic E-state index is 11.1. The lowest BCUT2D eigenvalue weighted by atomic mass is 10.4. The highest BCUT2D eigenvalue weighted by Gasteiger charge is 2.01. The van der Waals surface area contributed by atoms with Crippen molar-refractivity contribution in [3.8, 4) is 0 Å². The molecule has 0 fully saturated rings. The molecule has 0 aliphatic carbocycles. The number of hydrogen-bond donors (Lipinski definition) is 0. The summed E-state index contributed by atoms with van der Waals surface area (Å²) >= 11 is 0. The first-order chi connectivity index (χ1) is 16.0. The first-order valence-electron chi connectivity index (χ1n) is 11.5. The normalized spacial score (nSPS) is 11.3. The fraction of sp³-hybridized carbons (Fsp3) is 0.870. The van der Waals surface area contributed by atoms with E-state index in [9.17, 15) is 4.79 Å². The summed E-state index contributed by atoms with van der Waals surface area (Å²) in [5.74, 6) is -0.408. The van der Waals surface area contributed by atoms with Crippen LogP contribution in [0, 0.1) is 0 Å². The van der Waals surface area contributed by atoms with Gasteiger partial charge in [0.25, 0.3) is 0 Å². The van der Waals surface area contributed by atoms with Gasteiger partial charge in [-0.3, -0.25) is 0 Å². The molecular formula is C23H44O10. The van der Waals surface area contributed by atoms with E-state index in [1.54, 1.807) is 6.92 Å². The number of carbonyl (C=O) groups is 1. The van der Waals surface area contributed by atoms with Crippen LogP contribution in [0.5, 0.6) is 0 Å². The molecule has 0 saturated carbocycles. The van der Waals surface area contributed by atoms with Gasteiger partial charge in [-0.1, -0.05) is 6.58 Å². The highest BCUT2D eigenvalue weighted by molar-refractivity contribution is 5.86. The number of ether oxygens (including phenoxy) is 9. The fourth-order valence-corrected chi connectivity index (χ4v) is 2.08. The fourth-order valence-electron chi connectivity index (χ4n) is 2.08. The van der Waals surface area contributed by atoms with Gasteiger partial charge in [-0.05, 0) is 20.8 Å². The minimum Gasteiger partial charge on any atom is -0.460 e. The molecule has 0 heterocycles. The minimum atomic E-state index is -0.408. The van der Waals surface area contributed by atoms with Gasteiger partial charge in [-0.15, -0.1) is 0 Å². The summed E-state index contributed by atoms with van der Waals surface area (Å²) in [7, 11) is 0. The van der Waals surface area contributed by atoms with E-state index in [2.05, 4.69) is 6.58 Å². The van der Waals surface area contributed by atoms with Gasteiger partial charge in [-0.2, -0.15) is 0 Å². The molecule has 0 spiro atoms. The first kappa shape index (κ1) is 31.9. The van der Waals surface area contributed by atoms with Crippen LogP contribution in [-0.2, 0) is 47.4 Å². The number of rotatable bonds is 26. The van der Waals surface area contributed by atoms with E-state index in [0.29, 0.717) is 105 Å². The smallest absolute Gasteiger partial charge is 0.333 e. The molecule has 0 radical (unpaired) electrons. The molecule has 0 amide bonds. The second-order valence-electron chi connectivity index (χ2n) is 7.12. The maximum absolute atomic E-state index is 11.1. The second kappa shape index (κ2) is 25.5. The van der Waals surface area contributed by atoms with Crippen molar-refractivity contribution in [1.82, 2.24) is 0 Å². The van der Waals surface area contributed by atoms with Crippen LogP contribution in [-0.4, -0.2) is 118 Å². The molecule has 0 bridgehead atoms. The molecule has 0 aliphatic rings. The van der Waals surface area contributed by atoms with Crippen LogP contribution < -0.4 is 0 Å². The molecule has 0 N–H and O–H groups in total. The largest absolute Gasteiger partial charge is 0.460 e. The van der Waals surface area contributed by atoms with Crippen LogP contribution in [0.4, 0.5) is 0 Å². The van der Waals surface area contributed by atoms with Gasteiger partial charge in [0, 0.05) is 5.57 Å². The van der Waals surface area contributed by atoms with Crippen LogP contribution in [0.15, 0.2) is 12.2 Å². The third-order valence-corrected chi connectivity index (χ3v) is 3.72. The predicted octanol–water partition coefficient (Wildman–Crippen LogP) is 1.65. The van der Waals surface area contributed by atoms with Crippen molar-refractivity contribution in [3.63, 3.8) is 0 Å². The van der Waals surface area contributed by atoms with Gasteiger partial charge in [0.1, 0.15) is 6.61 Å². The van der Waals surface area contributed by atoms with Crippen molar-refractivity contribution in [1.29, 1.82) is 0 Å². The average molecular weight is 481 g/mol. The lowest BCUT2D eigenvalue weighted by Gasteiger charge is -2.09. The monoisotopic (exact) mass is 480 g/mol. The number of hydrogen-bond acceptors (Lipinski definition) is 10. The Bertz CT molecular complexity index is 445. The second-order valence-corrected chi connectivity index (χ2v) is 7.12. The van der Waals surface area contributed by atoms with Gasteiger partial charge < -0.3 is 42.6 Å². The molecule has 0 atom stereocenters. The molecule has 0 rings (SSSR count). The Balaban J connectivity index is 3.06. The van der Waals surface area contributed by atoms with Crippen LogP contribution >= 0.6 is 0 Å². The van der Waals surface area contributed by atoms with Crippen molar-refractivity contribution in [3.05, 3.63) is 12.2 Å². The summed E-state index contributed by atoms with van der Waals surface area (Å²) in [6.07, 6.45) is 0.231. The Morgan fingerprint density at radius 3 is 1.09 bits per heavy atom. The summed E-state index contributed by atoms with van der Waals surface area (Å²) in [4.78, 5) is 11.1. The van der Waals surface area contributed by atoms with Gasteiger partial charge in [0.15, 0.2) is 0 Å². The van der Waals surface area contributed by atoms with Crippen LogP contribution in [0.1, 0.15) is 20.8 Å². The van der Waals surface area contributed by atoms with Crippen molar-refractivity contribution in [2.24, 2.45) is 0 Å². The zero-order valence-corrected chi connectivity index (χ0v) is 20.7. The summed E-state index contributed by atoms with van der Waals surface area (Å²) in [5.41, 5.74) is 0.375. The topological polar surface area (TPSA) is 100 Å².